The molecule has 1 atom stereocenters. The molecule has 1 N–H and O–H groups in total. The number of rotatable bonds is 3. The minimum atomic E-state index is -0.496. The number of aliphatic hydroxyl groups is 1. The van der Waals surface area contributed by atoms with E-state index < -0.39 is 6.10 Å². The van der Waals surface area contributed by atoms with Crippen LogP contribution in [0.15, 0.2) is 18.2 Å². The molecule has 0 spiro atoms. The number of hydrogen-bond acceptors (Lipinski definition) is 3. The highest BCUT2D eigenvalue weighted by Crippen LogP contribution is 2.28. The van der Waals surface area contributed by atoms with Crippen molar-refractivity contribution in [1.29, 1.82) is 0 Å². The Hall–Kier alpha value is -1.06. The van der Waals surface area contributed by atoms with Gasteiger partial charge < -0.3 is 14.6 Å². The Morgan fingerprint density at radius 3 is 2.71 bits per heavy atom. The molecule has 0 radical (unpaired) electrons. The second-order valence-electron chi connectivity index (χ2n) is 4.65. The Kier molecular flexibility index (Phi) is 4.02. The van der Waals surface area contributed by atoms with Crippen molar-refractivity contribution in [2.45, 2.75) is 38.9 Å². The monoisotopic (exact) mass is 236 g/mol. The summed E-state index contributed by atoms with van der Waals surface area (Å²) in [5.41, 5.74) is 2.01. The predicted octanol–water partition coefficient (Wildman–Crippen LogP) is 2.61. The largest absolute Gasteiger partial charge is 0.490 e. The van der Waals surface area contributed by atoms with E-state index in [-0.39, 0.29) is 6.10 Å². The van der Waals surface area contributed by atoms with Crippen LogP contribution in [0.5, 0.6) is 5.75 Å². The molecule has 0 aromatic heterocycles. The van der Waals surface area contributed by atoms with Gasteiger partial charge in [-0.15, -0.1) is 0 Å². The fraction of sp³-hybridized carbons (Fsp3) is 0.571. The highest BCUT2D eigenvalue weighted by Gasteiger charge is 2.18. The van der Waals surface area contributed by atoms with Crippen LogP contribution in [0.3, 0.4) is 0 Å². The molecule has 1 aromatic carbocycles. The van der Waals surface area contributed by atoms with Gasteiger partial charge in [-0.25, -0.2) is 0 Å². The first kappa shape index (κ1) is 12.4. The summed E-state index contributed by atoms with van der Waals surface area (Å²) < 4.78 is 11.3. The third kappa shape index (κ3) is 3.20. The Labute approximate surface area is 102 Å². The van der Waals surface area contributed by atoms with Gasteiger partial charge in [-0.2, -0.15) is 0 Å². The summed E-state index contributed by atoms with van der Waals surface area (Å²) in [4.78, 5) is 0. The van der Waals surface area contributed by atoms with Crippen LogP contribution in [0.25, 0.3) is 0 Å². The number of aliphatic hydroxyl groups excluding tert-OH is 1. The van der Waals surface area contributed by atoms with Gasteiger partial charge in [-0.3, -0.25) is 0 Å². The van der Waals surface area contributed by atoms with E-state index in [9.17, 15) is 5.11 Å². The van der Waals surface area contributed by atoms with Crippen LogP contribution < -0.4 is 4.74 Å². The average molecular weight is 236 g/mol. The molecule has 1 aliphatic heterocycles. The second-order valence-corrected chi connectivity index (χ2v) is 4.65. The molecular weight excluding hydrogens is 216 g/mol. The topological polar surface area (TPSA) is 38.7 Å². The molecule has 3 nitrogen and oxygen atoms in total. The minimum absolute atomic E-state index is 0.212. The van der Waals surface area contributed by atoms with Gasteiger partial charge in [0.05, 0.1) is 19.3 Å². The van der Waals surface area contributed by atoms with Crippen molar-refractivity contribution in [3.63, 3.8) is 0 Å². The standard InChI is InChI=1S/C14H20O3/c1-10-3-4-14(13(9-10)11(2)15)17-12-5-7-16-8-6-12/h3-4,9,11-12,15H,5-8H2,1-2H3. The van der Waals surface area contributed by atoms with E-state index in [4.69, 9.17) is 9.47 Å². The summed E-state index contributed by atoms with van der Waals surface area (Å²) in [5, 5.41) is 9.75. The lowest BCUT2D eigenvalue weighted by Gasteiger charge is -2.25. The Bertz CT molecular complexity index is 368. The van der Waals surface area contributed by atoms with Gasteiger partial charge in [0, 0.05) is 18.4 Å². The fourth-order valence-electron chi connectivity index (χ4n) is 2.08. The van der Waals surface area contributed by atoms with E-state index in [1.165, 1.54) is 0 Å². The zero-order valence-corrected chi connectivity index (χ0v) is 10.5. The third-order valence-corrected chi connectivity index (χ3v) is 3.08. The lowest BCUT2D eigenvalue weighted by Crippen LogP contribution is -2.26. The van der Waals surface area contributed by atoms with E-state index in [1.54, 1.807) is 6.92 Å². The first-order valence-corrected chi connectivity index (χ1v) is 6.20. The van der Waals surface area contributed by atoms with Gasteiger partial charge in [-0.05, 0) is 26.0 Å². The van der Waals surface area contributed by atoms with Crippen LogP contribution in [0.2, 0.25) is 0 Å². The molecule has 1 aliphatic rings. The molecule has 1 heterocycles. The maximum absolute atomic E-state index is 9.75. The zero-order valence-electron chi connectivity index (χ0n) is 10.5. The van der Waals surface area contributed by atoms with Crippen LogP contribution >= 0.6 is 0 Å². The lowest BCUT2D eigenvalue weighted by atomic mass is 10.1. The molecule has 0 bridgehead atoms. The molecule has 17 heavy (non-hydrogen) atoms. The van der Waals surface area contributed by atoms with Gasteiger partial charge in [0.25, 0.3) is 0 Å². The van der Waals surface area contributed by atoms with Crippen molar-refractivity contribution < 1.29 is 14.6 Å². The van der Waals surface area contributed by atoms with Crippen LogP contribution in [-0.4, -0.2) is 24.4 Å². The second kappa shape index (κ2) is 5.52. The zero-order chi connectivity index (χ0) is 12.3. The highest BCUT2D eigenvalue weighted by molar-refractivity contribution is 5.38. The fourth-order valence-corrected chi connectivity index (χ4v) is 2.08. The summed E-state index contributed by atoms with van der Waals surface area (Å²) in [6, 6.07) is 5.95. The average Bonchev–Trinajstić information content (AvgIpc) is 2.32. The summed E-state index contributed by atoms with van der Waals surface area (Å²) >= 11 is 0. The van der Waals surface area contributed by atoms with E-state index in [0.717, 1.165) is 42.9 Å². The molecular formula is C14H20O3. The van der Waals surface area contributed by atoms with Crippen molar-refractivity contribution in [2.24, 2.45) is 0 Å². The molecule has 94 valence electrons. The van der Waals surface area contributed by atoms with E-state index >= 15 is 0 Å². The van der Waals surface area contributed by atoms with Crippen molar-refractivity contribution in [2.75, 3.05) is 13.2 Å². The molecule has 0 saturated carbocycles. The van der Waals surface area contributed by atoms with Gasteiger partial charge in [0.2, 0.25) is 0 Å². The first-order chi connectivity index (χ1) is 8.16. The van der Waals surface area contributed by atoms with Crippen molar-refractivity contribution >= 4 is 0 Å². The summed E-state index contributed by atoms with van der Waals surface area (Å²) in [5.74, 6) is 0.803. The normalized spacial score (nSPS) is 19.0. The maximum atomic E-state index is 9.75. The third-order valence-electron chi connectivity index (χ3n) is 3.08. The summed E-state index contributed by atoms with van der Waals surface area (Å²) in [6.07, 6.45) is 1.56. The molecule has 1 unspecified atom stereocenters. The summed E-state index contributed by atoms with van der Waals surface area (Å²) in [6.45, 7) is 5.32. The SMILES string of the molecule is Cc1ccc(OC2CCOCC2)c(C(C)O)c1. The van der Waals surface area contributed by atoms with E-state index in [2.05, 4.69) is 0 Å². The Morgan fingerprint density at radius 2 is 2.06 bits per heavy atom. The first-order valence-electron chi connectivity index (χ1n) is 6.20. The van der Waals surface area contributed by atoms with Crippen LogP contribution in [0.4, 0.5) is 0 Å². The number of benzene rings is 1. The predicted molar refractivity (Wildman–Crippen MR) is 66.3 cm³/mol. The van der Waals surface area contributed by atoms with Crippen molar-refractivity contribution in [3.8, 4) is 5.75 Å². The van der Waals surface area contributed by atoms with E-state index in [1.807, 2.05) is 25.1 Å². The van der Waals surface area contributed by atoms with Gasteiger partial charge in [0.15, 0.2) is 0 Å². The summed E-state index contributed by atoms with van der Waals surface area (Å²) in [7, 11) is 0. The number of ether oxygens (including phenoxy) is 2. The smallest absolute Gasteiger partial charge is 0.125 e. The molecule has 3 heteroatoms. The Morgan fingerprint density at radius 1 is 1.35 bits per heavy atom. The van der Waals surface area contributed by atoms with E-state index in [0.29, 0.717) is 0 Å². The van der Waals surface area contributed by atoms with Crippen molar-refractivity contribution in [1.82, 2.24) is 0 Å². The minimum Gasteiger partial charge on any atom is -0.490 e. The van der Waals surface area contributed by atoms with Crippen molar-refractivity contribution in [3.05, 3.63) is 29.3 Å². The molecule has 1 aromatic rings. The molecule has 2 rings (SSSR count). The Balaban J connectivity index is 2.13. The van der Waals surface area contributed by atoms with Crippen LogP contribution in [0.1, 0.15) is 37.0 Å². The molecule has 0 amide bonds. The van der Waals surface area contributed by atoms with Gasteiger partial charge in [0.1, 0.15) is 11.9 Å². The highest BCUT2D eigenvalue weighted by atomic mass is 16.5. The maximum Gasteiger partial charge on any atom is 0.125 e. The lowest BCUT2D eigenvalue weighted by molar-refractivity contribution is 0.0242. The number of hydrogen-bond donors (Lipinski definition) is 1. The molecule has 1 fully saturated rings. The molecule has 0 aliphatic carbocycles. The number of aryl methyl sites for hydroxylation is 1. The van der Waals surface area contributed by atoms with Crippen LogP contribution in [-0.2, 0) is 4.74 Å². The molecule has 1 saturated heterocycles. The quantitative estimate of drug-likeness (QED) is 0.876. The van der Waals surface area contributed by atoms with Crippen LogP contribution in [0, 0.1) is 6.92 Å². The van der Waals surface area contributed by atoms with Gasteiger partial charge in [-0.1, -0.05) is 11.6 Å². The van der Waals surface area contributed by atoms with Gasteiger partial charge >= 0.3 is 0 Å².